The van der Waals surface area contributed by atoms with E-state index in [2.05, 4.69) is 10.6 Å². The van der Waals surface area contributed by atoms with Gasteiger partial charge in [0.1, 0.15) is 0 Å². The molecule has 2 aromatic carbocycles. The first kappa shape index (κ1) is 19.3. The molecule has 2 amide bonds. The van der Waals surface area contributed by atoms with E-state index in [1.54, 1.807) is 24.3 Å². The van der Waals surface area contributed by atoms with Gasteiger partial charge in [-0.3, -0.25) is 9.59 Å². The number of hydrogen-bond donors (Lipinski definition) is 3. The van der Waals surface area contributed by atoms with Crippen LogP contribution in [0.1, 0.15) is 22.0 Å². The molecule has 0 aromatic heterocycles. The minimum Gasteiger partial charge on any atom is -0.387 e. The van der Waals surface area contributed by atoms with Crippen LogP contribution in [0, 0.1) is 15.2 Å². The lowest BCUT2D eigenvalue weighted by Gasteiger charge is -2.13. The van der Waals surface area contributed by atoms with E-state index in [1.165, 1.54) is 6.07 Å². The van der Waals surface area contributed by atoms with Gasteiger partial charge in [-0.15, -0.1) is 0 Å². The van der Waals surface area contributed by atoms with Crippen LogP contribution in [0.4, 0.5) is 8.78 Å². The van der Waals surface area contributed by atoms with E-state index in [0.29, 0.717) is 5.56 Å². The summed E-state index contributed by atoms with van der Waals surface area (Å²) in [5.41, 5.74) is 0.597. The van der Waals surface area contributed by atoms with E-state index < -0.39 is 23.6 Å². The maximum atomic E-state index is 13.1. The van der Waals surface area contributed by atoms with E-state index in [9.17, 15) is 23.5 Å². The van der Waals surface area contributed by atoms with Gasteiger partial charge in [0.05, 0.1) is 18.2 Å². The molecule has 1 unspecified atom stereocenters. The zero-order chi connectivity index (χ0) is 18.4. The average Bonchev–Trinajstić information content (AvgIpc) is 2.60. The van der Waals surface area contributed by atoms with Crippen LogP contribution in [0.25, 0.3) is 0 Å². The van der Waals surface area contributed by atoms with Crippen LogP contribution in [-0.2, 0) is 4.79 Å². The Morgan fingerprint density at radius 3 is 2.48 bits per heavy atom. The van der Waals surface area contributed by atoms with Gasteiger partial charge in [0.2, 0.25) is 5.91 Å². The molecular weight excluding hydrogens is 445 g/mol. The maximum Gasteiger partial charge on any atom is 0.252 e. The number of halogens is 3. The molecule has 25 heavy (non-hydrogen) atoms. The minimum absolute atomic E-state index is 0.141. The van der Waals surface area contributed by atoms with Crippen LogP contribution < -0.4 is 10.6 Å². The fraction of sp³-hybridized carbons (Fsp3) is 0.176. The van der Waals surface area contributed by atoms with Gasteiger partial charge in [0.15, 0.2) is 11.6 Å². The second kappa shape index (κ2) is 8.86. The summed E-state index contributed by atoms with van der Waals surface area (Å²) in [4.78, 5) is 23.7. The second-order valence-electron chi connectivity index (χ2n) is 5.16. The van der Waals surface area contributed by atoms with Crippen molar-refractivity contribution < 1.29 is 23.5 Å². The van der Waals surface area contributed by atoms with Gasteiger partial charge in [0, 0.05) is 10.1 Å². The largest absolute Gasteiger partial charge is 0.387 e. The average molecular weight is 460 g/mol. The monoisotopic (exact) mass is 460 g/mol. The smallest absolute Gasteiger partial charge is 0.252 e. The van der Waals surface area contributed by atoms with Crippen molar-refractivity contribution in [2.75, 3.05) is 13.1 Å². The number of aliphatic hydroxyl groups excluding tert-OH is 1. The SMILES string of the molecule is O=C(CNC(=O)c1ccccc1I)NCC(O)c1ccc(F)c(F)c1. The number of amides is 2. The normalized spacial score (nSPS) is 11.7. The Balaban J connectivity index is 1.81. The minimum atomic E-state index is -1.19. The molecule has 0 saturated heterocycles. The van der Waals surface area contributed by atoms with Crippen LogP contribution >= 0.6 is 22.6 Å². The molecule has 3 N–H and O–H groups in total. The van der Waals surface area contributed by atoms with Gasteiger partial charge in [0.25, 0.3) is 5.91 Å². The Labute approximate surface area is 156 Å². The van der Waals surface area contributed by atoms with Crippen molar-refractivity contribution in [2.24, 2.45) is 0 Å². The molecule has 0 aliphatic carbocycles. The Hall–Kier alpha value is -2.07. The highest BCUT2D eigenvalue weighted by atomic mass is 127. The number of benzene rings is 2. The highest BCUT2D eigenvalue weighted by Crippen LogP contribution is 2.15. The van der Waals surface area contributed by atoms with E-state index in [0.717, 1.165) is 15.7 Å². The van der Waals surface area contributed by atoms with Gasteiger partial charge in [-0.2, -0.15) is 0 Å². The molecule has 0 aliphatic heterocycles. The molecule has 0 radical (unpaired) electrons. The van der Waals surface area contributed by atoms with E-state index in [-0.39, 0.29) is 24.6 Å². The lowest BCUT2D eigenvalue weighted by Crippen LogP contribution is -2.38. The summed E-state index contributed by atoms with van der Waals surface area (Å²) in [5, 5.41) is 14.8. The van der Waals surface area contributed by atoms with Gasteiger partial charge in [-0.1, -0.05) is 18.2 Å². The number of rotatable bonds is 6. The van der Waals surface area contributed by atoms with Crippen molar-refractivity contribution in [1.82, 2.24) is 10.6 Å². The first-order chi connectivity index (χ1) is 11.9. The number of carbonyl (C=O) groups is 2. The molecular formula is C17H15F2IN2O3. The van der Waals surface area contributed by atoms with Crippen molar-refractivity contribution in [3.05, 3.63) is 68.8 Å². The molecule has 1 atom stereocenters. The molecule has 2 rings (SSSR count). The molecule has 0 saturated carbocycles. The molecule has 132 valence electrons. The summed E-state index contributed by atoms with van der Waals surface area (Å²) in [6, 6.07) is 9.92. The molecule has 8 heteroatoms. The van der Waals surface area contributed by atoms with Crippen LogP contribution in [0.3, 0.4) is 0 Å². The third kappa shape index (κ3) is 5.46. The molecule has 0 spiro atoms. The number of carbonyl (C=O) groups excluding carboxylic acids is 2. The third-order valence-electron chi connectivity index (χ3n) is 3.35. The maximum absolute atomic E-state index is 13.1. The summed E-state index contributed by atoms with van der Waals surface area (Å²) < 4.78 is 26.7. The fourth-order valence-corrected chi connectivity index (χ4v) is 2.64. The van der Waals surface area contributed by atoms with Crippen LogP contribution in [0.5, 0.6) is 0 Å². The van der Waals surface area contributed by atoms with Crippen molar-refractivity contribution in [3.8, 4) is 0 Å². The summed E-state index contributed by atoms with van der Waals surface area (Å²) >= 11 is 2.02. The number of nitrogens with one attached hydrogen (secondary N) is 2. The summed E-state index contributed by atoms with van der Waals surface area (Å²) in [6.45, 7) is -0.461. The predicted octanol–water partition coefficient (Wildman–Crippen LogP) is 2.15. The van der Waals surface area contributed by atoms with Crippen LogP contribution in [0.2, 0.25) is 0 Å². The Bertz CT molecular complexity index is 786. The summed E-state index contributed by atoms with van der Waals surface area (Å²) in [6.07, 6.45) is -1.19. The molecule has 2 aromatic rings. The third-order valence-corrected chi connectivity index (χ3v) is 4.29. The highest BCUT2D eigenvalue weighted by Gasteiger charge is 2.14. The van der Waals surface area contributed by atoms with Crippen molar-refractivity contribution in [3.63, 3.8) is 0 Å². The highest BCUT2D eigenvalue weighted by molar-refractivity contribution is 14.1. The lowest BCUT2D eigenvalue weighted by molar-refractivity contribution is -0.120. The van der Waals surface area contributed by atoms with E-state index in [4.69, 9.17) is 0 Å². The van der Waals surface area contributed by atoms with Gasteiger partial charge in [-0.05, 0) is 52.4 Å². The number of aliphatic hydroxyl groups is 1. The van der Waals surface area contributed by atoms with Gasteiger partial charge in [-0.25, -0.2) is 8.78 Å². The van der Waals surface area contributed by atoms with Crippen LogP contribution in [0.15, 0.2) is 42.5 Å². The second-order valence-corrected chi connectivity index (χ2v) is 6.32. The van der Waals surface area contributed by atoms with Crippen molar-refractivity contribution in [1.29, 1.82) is 0 Å². The zero-order valence-corrected chi connectivity index (χ0v) is 15.1. The van der Waals surface area contributed by atoms with Gasteiger partial charge < -0.3 is 15.7 Å². The molecule has 0 fully saturated rings. The topological polar surface area (TPSA) is 78.4 Å². The van der Waals surface area contributed by atoms with Crippen molar-refractivity contribution >= 4 is 34.4 Å². The van der Waals surface area contributed by atoms with Crippen LogP contribution in [-0.4, -0.2) is 30.0 Å². The molecule has 5 nitrogen and oxygen atoms in total. The Kier molecular flexibility index (Phi) is 6.82. The molecule has 0 bridgehead atoms. The molecule has 0 aliphatic rings. The first-order valence-corrected chi connectivity index (χ1v) is 8.39. The summed E-state index contributed by atoms with van der Waals surface area (Å²) in [7, 11) is 0. The quantitative estimate of drug-likeness (QED) is 0.579. The molecule has 0 heterocycles. The number of hydrogen-bond acceptors (Lipinski definition) is 3. The summed E-state index contributed by atoms with van der Waals surface area (Å²) in [5.74, 6) is -2.99. The van der Waals surface area contributed by atoms with Gasteiger partial charge >= 0.3 is 0 Å². The predicted molar refractivity (Wildman–Crippen MR) is 95.8 cm³/mol. The lowest BCUT2D eigenvalue weighted by atomic mass is 10.1. The first-order valence-electron chi connectivity index (χ1n) is 7.31. The Morgan fingerprint density at radius 2 is 1.80 bits per heavy atom. The van der Waals surface area contributed by atoms with Crippen molar-refractivity contribution in [2.45, 2.75) is 6.10 Å². The van der Waals surface area contributed by atoms with E-state index in [1.807, 2.05) is 22.6 Å². The standard InChI is InChI=1S/C17H15F2IN2O3/c18-12-6-5-10(7-13(12)19)15(23)8-21-16(24)9-22-17(25)11-3-1-2-4-14(11)20/h1-7,15,23H,8-9H2,(H,21,24)(H,22,25). The van der Waals surface area contributed by atoms with E-state index >= 15 is 0 Å². The fourth-order valence-electron chi connectivity index (χ4n) is 2.01. The zero-order valence-electron chi connectivity index (χ0n) is 12.9. The Morgan fingerprint density at radius 1 is 1.08 bits per heavy atom.